The predicted molar refractivity (Wildman–Crippen MR) is 59.6 cm³/mol. The van der Waals surface area contributed by atoms with Gasteiger partial charge >= 0.3 is 0 Å². The highest BCUT2D eigenvalue weighted by Crippen LogP contribution is 2.53. The zero-order valence-electron chi connectivity index (χ0n) is 9.67. The van der Waals surface area contributed by atoms with Gasteiger partial charge in [0, 0.05) is 31.9 Å². The zero-order valence-corrected chi connectivity index (χ0v) is 9.67. The van der Waals surface area contributed by atoms with Crippen LogP contribution in [-0.4, -0.2) is 30.5 Å². The normalized spacial score (nSPS) is 39.8. The van der Waals surface area contributed by atoms with Gasteiger partial charge in [-0.05, 0) is 12.8 Å². The van der Waals surface area contributed by atoms with E-state index in [1.54, 1.807) is 7.11 Å². The molecule has 2 aliphatic rings. The lowest BCUT2D eigenvalue weighted by Gasteiger charge is -2.56. The van der Waals surface area contributed by atoms with Crippen molar-refractivity contribution in [2.75, 3.05) is 13.7 Å². The van der Waals surface area contributed by atoms with Crippen LogP contribution in [0, 0.1) is 5.41 Å². The first-order valence-corrected chi connectivity index (χ1v) is 6.11. The predicted octanol–water partition coefficient (Wildman–Crippen LogP) is 1.44. The summed E-state index contributed by atoms with van der Waals surface area (Å²) in [6.45, 7) is 0.625. The van der Waals surface area contributed by atoms with Crippen molar-refractivity contribution in [2.24, 2.45) is 11.1 Å². The first-order chi connectivity index (χ1) is 7.16. The molecule has 0 radical (unpaired) electrons. The number of hydrogen-bond donors (Lipinski definition) is 2. The van der Waals surface area contributed by atoms with E-state index >= 15 is 0 Å². The minimum Gasteiger partial charge on any atom is -0.389 e. The third kappa shape index (κ3) is 1.71. The molecule has 2 fully saturated rings. The van der Waals surface area contributed by atoms with Gasteiger partial charge in [-0.1, -0.05) is 19.3 Å². The standard InChI is InChI=1S/C12H23NO2/c1-15-10-7-12(14,8-10)11(9-13)5-3-2-4-6-11/h10,14H,2-9,13H2,1H3. The molecule has 15 heavy (non-hydrogen) atoms. The fourth-order valence-electron chi connectivity index (χ4n) is 3.38. The van der Waals surface area contributed by atoms with Crippen molar-refractivity contribution in [1.82, 2.24) is 0 Å². The van der Waals surface area contributed by atoms with Crippen LogP contribution in [0.5, 0.6) is 0 Å². The van der Waals surface area contributed by atoms with Gasteiger partial charge in [-0.15, -0.1) is 0 Å². The summed E-state index contributed by atoms with van der Waals surface area (Å²) in [5.74, 6) is 0. The summed E-state index contributed by atoms with van der Waals surface area (Å²) in [5.41, 5.74) is 5.37. The van der Waals surface area contributed by atoms with E-state index in [0.717, 1.165) is 25.7 Å². The van der Waals surface area contributed by atoms with Crippen LogP contribution in [0.4, 0.5) is 0 Å². The Morgan fingerprint density at radius 2 is 1.87 bits per heavy atom. The first-order valence-electron chi connectivity index (χ1n) is 6.11. The second-order valence-corrected chi connectivity index (χ2v) is 5.34. The molecule has 2 aliphatic carbocycles. The molecular weight excluding hydrogens is 190 g/mol. The van der Waals surface area contributed by atoms with Crippen molar-refractivity contribution < 1.29 is 9.84 Å². The van der Waals surface area contributed by atoms with E-state index in [-0.39, 0.29) is 11.5 Å². The smallest absolute Gasteiger partial charge is 0.0765 e. The Labute approximate surface area is 92.0 Å². The van der Waals surface area contributed by atoms with Crippen LogP contribution in [0.25, 0.3) is 0 Å². The lowest BCUT2D eigenvalue weighted by molar-refractivity contribution is -0.203. The van der Waals surface area contributed by atoms with Gasteiger partial charge < -0.3 is 15.6 Å². The van der Waals surface area contributed by atoms with Crippen LogP contribution in [0.3, 0.4) is 0 Å². The van der Waals surface area contributed by atoms with Crippen molar-refractivity contribution in [3.63, 3.8) is 0 Å². The Hall–Kier alpha value is -0.120. The molecule has 0 atom stereocenters. The molecule has 2 saturated carbocycles. The van der Waals surface area contributed by atoms with E-state index in [1.807, 2.05) is 0 Å². The number of aliphatic hydroxyl groups is 1. The van der Waals surface area contributed by atoms with Crippen LogP contribution in [0.1, 0.15) is 44.9 Å². The number of ether oxygens (including phenoxy) is 1. The third-order valence-corrected chi connectivity index (χ3v) is 4.65. The highest BCUT2D eigenvalue weighted by molar-refractivity contribution is 5.09. The van der Waals surface area contributed by atoms with Gasteiger partial charge in [0.05, 0.1) is 11.7 Å². The van der Waals surface area contributed by atoms with Crippen LogP contribution in [-0.2, 0) is 4.74 Å². The summed E-state index contributed by atoms with van der Waals surface area (Å²) in [7, 11) is 1.72. The number of rotatable bonds is 3. The molecule has 2 rings (SSSR count). The summed E-state index contributed by atoms with van der Waals surface area (Å²) >= 11 is 0. The van der Waals surface area contributed by atoms with Crippen LogP contribution >= 0.6 is 0 Å². The van der Waals surface area contributed by atoms with Crippen LogP contribution in [0.15, 0.2) is 0 Å². The Balaban J connectivity index is 2.05. The van der Waals surface area contributed by atoms with Crippen molar-refractivity contribution in [3.05, 3.63) is 0 Å². The lowest BCUT2D eigenvalue weighted by atomic mass is 9.55. The Morgan fingerprint density at radius 1 is 1.27 bits per heavy atom. The monoisotopic (exact) mass is 213 g/mol. The quantitative estimate of drug-likeness (QED) is 0.746. The van der Waals surface area contributed by atoms with E-state index in [0.29, 0.717) is 6.54 Å². The highest BCUT2D eigenvalue weighted by atomic mass is 16.5. The molecule has 0 aromatic carbocycles. The minimum absolute atomic E-state index is 0.0136. The summed E-state index contributed by atoms with van der Waals surface area (Å²) in [5, 5.41) is 10.6. The molecule has 3 nitrogen and oxygen atoms in total. The van der Waals surface area contributed by atoms with Crippen molar-refractivity contribution in [1.29, 1.82) is 0 Å². The zero-order chi connectivity index (χ0) is 10.9. The van der Waals surface area contributed by atoms with Crippen LogP contribution in [0.2, 0.25) is 0 Å². The second kappa shape index (κ2) is 4.04. The number of hydrogen-bond acceptors (Lipinski definition) is 3. The summed E-state index contributed by atoms with van der Waals surface area (Å²) < 4.78 is 5.26. The van der Waals surface area contributed by atoms with E-state index < -0.39 is 5.60 Å². The summed E-state index contributed by atoms with van der Waals surface area (Å²) in [4.78, 5) is 0. The Kier molecular flexibility index (Phi) is 3.06. The number of methoxy groups -OCH3 is 1. The van der Waals surface area contributed by atoms with Gasteiger partial charge in [0.25, 0.3) is 0 Å². The highest BCUT2D eigenvalue weighted by Gasteiger charge is 2.56. The fourth-order valence-corrected chi connectivity index (χ4v) is 3.38. The Bertz CT molecular complexity index is 218. The Morgan fingerprint density at radius 3 is 2.33 bits per heavy atom. The molecule has 88 valence electrons. The maximum absolute atomic E-state index is 10.6. The van der Waals surface area contributed by atoms with Gasteiger partial charge in [-0.25, -0.2) is 0 Å². The molecule has 0 aromatic rings. The molecule has 0 aromatic heterocycles. The molecule has 0 bridgehead atoms. The molecule has 3 heteroatoms. The van der Waals surface area contributed by atoms with Gasteiger partial charge in [0.15, 0.2) is 0 Å². The maximum atomic E-state index is 10.6. The topological polar surface area (TPSA) is 55.5 Å². The molecule has 0 heterocycles. The molecule has 0 saturated heterocycles. The molecule has 0 unspecified atom stereocenters. The lowest BCUT2D eigenvalue weighted by Crippen LogP contribution is -2.62. The van der Waals surface area contributed by atoms with Gasteiger partial charge in [0.1, 0.15) is 0 Å². The van der Waals surface area contributed by atoms with E-state index in [4.69, 9.17) is 10.5 Å². The van der Waals surface area contributed by atoms with Crippen LogP contribution < -0.4 is 5.73 Å². The average Bonchev–Trinajstić information content (AvgIpc) is 2.25. The van der Waals surface area contributed by atoms with E-state index in [9.17, 15) is 5.11 Å². The largest absolute Gasteiger partial charge is 0.389 e. The van der Waals surface area contributed by atoms with Crippen molar-refractivity contribution in [2.45, 2.75) is 56.7 Å². The average molecular weight is 213 g/mol. The minimum atomic E-state index is -0.539. The van der Waals surface area contributed by atoms with E-state index in [1.165, 1.54) is 19.3 Å². The molecule has 0 aliphatic heterocycles. The summed E-state index contributed by atoms with van der Waals surface area (Å²) in [6.07, 6.45) is 7.73. The van der Waals surface area contributed by atoms with Gasteiger partial charge in [-0.3, -0.25) is 0 Å². The fraction of sp³-hybridized carbons (Fsp3) is 1.00. The number of nitrogens with two attached hydrogens (primary N) is 1. The van der Waals surface area contributed by atoms with Gasteiger partial charge in [-0.2, -0.15) is 0 Å². The molecular formula is C12H23NO2. The second-order valence-electron chi connectivity index (χ2n) is 5.34. The SMILES string of the molecule is COC1CC(O)(C2(CN)CCCCC2)C1. The van der Waals surface area contributed by atoms with E-state index in [2.05, 4.69) is 0 Å². The molecule has 0 amide bonds. The summed E-state index contributed by atoms with van der Waals surface area (Å²) in [6, 6.07) is 0. The third-order valence-electron chi connectivity index (χ3n) is 4.65. The van der Waals surface area contributed by atoms with Gasteiger partial charge in [0.2, 0.25) is 0 Å². The first kappa shape index (κ1) is 11.4. The maximum Gasteiger partial charge on any atom is 0.0765 e. The van der Waals surface area contributed by atoms with Crippen molar-refractivity contribution >= 4 is 0 Å². The molecule has 3 N–H and O–H groups in total. The molecule has 0 spiro atoms. The van der Waals surface area contributed by atoms with Crippen molar-refractivity contribution in [3.8, 4) is 0 Å².